The minimum atomic E-state index is -1.86. The molecule has 0 amide bonds. The molecule has 13 heteroatoms. The highest BCUT2D eigenvalue weighted by Gasteiger charge is 2.78. The van der Waals surface area contributed by atoms with Crippen LogP contribution in [0.4, 0.5) is 0 Å². The van der Waals surface area contributed by atoms with Crippen LogP contribution in [-0.2, 0) is 47.7 Å². The zero-order valence-corrected chi connectivity index (χ0v) is 26.5. The van der Waals surface area contributed by atoms with Crippen molar-refractivity contribution in [2.45, 2.75) is 103 Å². The first-order valence-corrected chi connectivity index (χ1v) is 15.2. The topological polar surface area (TPSA) is 192 Å². The van der Waals surface area contributed by atoms with Crippen molar-refractivity contribution in [3.8, 4) is 0 Å². The maximum atomic E-state index is 14.5. The molecule has 4 aliphatic heterocycles. The van der Waals surface area contributed by atoms with Gasteiger partial charge < -0.3 is 39.0 Å². The van der Waals surface area contributed by atoms with E-state index < -0.39 is 112 Å². The first kappa shape index (κ1) is 33.2. The standard InChI is InChI=1S/C32H42O13/c1-9-13(2)26(38)44-21-23(37)29(4,5)22(20(36)28(40)41-8)31(7)16-11-30(6)24(15-10-17(33)43-27(15)39)42-18(34)12-32(30,45-25(21)31)14(3)19(16)35/h10,13,16,20-25,27,36-37,39H,3,9,11-12H2,1-2,4-8H3/t13?,16?,20-,21-,22-,23+,24-,25-,27?,30-,31+,32-/m0/s1. The van der Waals surface area contributed by atoms with Crippen molar-refractivity contribution in [2.24, 2.45) is 34.0 Å². The first-order chi connectivity index (χ1) is 20.8. The molecule has 3 N–H and O–H groups in total. The zero-order chi connectivity index (χ0) is 33.6. The molecule has 3 saturated heterocycles. The lowest BCUT2D eigenvalue weighted by Gasteiger charge is -2.60. The molecule has 12 atom stereocenters. The van der Waals surface area contributed by atoms with E-state index in [0.717, 1.165) is 13.2 Å². The molecule has 2 aliphatic carbocycles. The largest absolute Gasteiger partial charge is 0.467 e. The van der Waals surface area contributed by atoms with Gasteiger partial charge in [0.15, 0.2) is 18.0 Å². The number of methoxy groups -OCH3 is 1. The minimum Gasteiger partial charge on any atom is -0.467 e. The molecule has 0 radical (unpaired) electrons. The normalized spacial score (nSPS) is 43.2. The van der Waals surface area contributed by atoms with E-state index in [4.69, 9.17) is 23.7 Å². The Morgan fingerprint density at radius 1 is 1.11 bits per heavy atom. The third-order valence-corrected chi connectivity index (χ3v) is 11.5. The van der Waals surface area contributed by atoms with E-state index in [0.29, 0.717) is 6.42 Å². The molecule has 2 saturated carbocycles. The molecule has 45 heavy (non-hydrogen) atoms. The summed E-state index contributed by atoms with van der Waals surface area (Å²) in [7, 11) is 1.10. The second-order valence-electron chi connectivity index (χ2n) is 14.2. The van der Waals surface area contributed by atoms with E-state index in [2.05, 4.69) is 6.58 Å². The number of rotatable bonds is 6. The summed E-state index contributed by atoms with van der Waals surface area (Å²) in [5.74, 6) is -6.69. The van der Waals surface area contributed by atoms with Crippen LogP contribution in [0.2, 0.25) is 0 Å². The van der Waals surface area contributed by atoms with Crippen LogP contribution >= 0.6 is 0 Å². The predicted molar refractivity (Wildman–Crippen MR) is 151 cm³/mol. The Morgan fingerprint density at radius 3 is 2.31 bits per heavy atom. The number of cyclic esters (lactones) is 2. The van der Waals surface area contributed by atoms with Gasteiger partial charge in [0.05, 0.1) is 25.6 Å². The zero-order valence-electron chi connectivity index (χ0n) is 26.5. The molecule has 13 nitrogen and oxygen atoms in total. The Hall–Kier alpha value is -3.13. The maximum Gasteiger partial charge on any atom is 0.335 e. The van der Waals surface area contributed by atoms with Gasteiger partial charge >= 0.3 is 23.9 Å². The van der Waals surface area contributed by atoms with Crippen molar-refractivity contribution in [3.05, 3.63) is 23.8 Å². The highest BCUT2D eigenvalue weighted by Crippen LogP contribution is 2.70. The summed E-state index contributed by atoms with van der Waals surface area (Å²) in [6, 6.07) is 0. The monoisotopic (exact) mass is 634 g/mol. The van der Waals surface area contributed by atoms with Gasteiger partial charge in [-0.2, -0.15) is 0 Å². The molecule has 1 spiro atoms. The smallest absolute Gasteiger partial charge is 0.335 e. The fourth-order valence-corrected chi connectivity index (χ4v) is 8.86. The highest BCUT2D eigenvalue weighted by atomic mass is 16.6. The van der Waals surface area contributed by atoms with Gasteiger partial charge in [0, 0.05) is 45.3 Å². The molecule has 4 heterocycles. The second-order valence-corrected chi connectivity index (χ2v) is 14.2. The molecule has 6 aliphatic rings. The van der Waals surface area contributed by atoms with Gasteiger partial charge in [-0.3, -0.25) is 14.4 Å². The molecule has 0 aromatic heterocycles. The fraction of sp³-hybridized carbons (Fsp3) is 0.719. The van der Waals surface area contributed by atoms with Crippen molar-refractivity contribution < 1.29 is 63.0 Å². The summed E-state index contributed by atoms with van der Waals surface area (Å²) in [6.45, 7) is 14.1. The van der Waals surface area contributed by atoms with Gasteiger partial charge in [0.2, 0.25) is 6.29 Å². The highest BCUT2D eigenvalue weighted by molar-refractivity contribution is 6.02. The number of aliphatic hydroxyl groups excluding tert-OH is 3. The van der Waals surface area contributed by atoms with Gasteiger partial charge in [-0.25, -0.2) is 9.59 Å². The summed E-state index contributed by atoms with van der Waals surface area (Å²) in [6.07, 6.45) is -8.33. The minimum absolute atomic E-state index is 0.0503. The van der Waals surface area contributed by atoms with Crippen LogP contribution in [0, 0.1) is 34.0 Å². The van der Waals surface area contributed by atoms with Crippen LogP contribution in [0.15, 0.2) is 23.8 Å². The van der Waals surface area contributed by atoms with E-state index in [9.17, 15) is 39.3 Å². The van der Waals surface area contributed by atoms with Crippen LogP contribution in [0.25, 0.3) is 0 Å². The van der Waals surface area contributed by atoms with Crippen LogP contribution in [0.3, 0.4) is 0 Å². The van der Waals surface area contributed by atoms with Gasteiger partial charge in [0.1, 0.15) is 17.8 Å². The number of carbonyl (C=O) groups is 5. The summed E-state index contributed by atoms with van der Waals surface area (Å²) < 4.78 is 28.5. The average Bonchev–Trinajstić information content (AvgIpc) is 3.25. The van der Waals surface area contributed by atoms with Gasteiger partial charge in [-0.05, 0) is 12.8 Å². The lowest BCUT2D eigenvalue weighted by atomic mass is 9.44. The van der Waals surface area contributed by atoms with E-state index in [1.165, 1.54) is 0 Å². The Kier molecular flexibility index (Phi) is 7.91. The molecular formula is C32H42O13. The number of esters is 4. The number of Topliss-reactive ketones (excluding diaryl/α,β-unsaturated/α-hetero) is 1. The Balaban J connectivity index is 1.79. The van der Waals surface area contributed by atoms with Crippen LogP contribution < -0.4 is 0 Å². The van der Waals surface area contributed by atoms with Crippen molar-refractivity contribution >= 4 is 29.7 Å². The molecule has 6 rings (SSSR count). The summed E-state index contributed by atoms with van der Waals surface area (Å²) >= 11 is 0. The lowest BCUT2D eigenvalue weighted by molar-refractivity contribution is -0.288. The number of ketones is 1. The van der Waals surface area contributed by atoms with E-state index in [-0.39, 0.29) is 17.6 Å². The number of fused-ring (bicyclic) bond motifs is 1. The predicted octanol–water partition coefficient (Wildman–Crippen LogP) is 0.908. The number of hydrogen-bond donors (Lipinski definition) is 3. The van der Waals surface area contributed by atoms with Gasteiger partial charge in [0.25, 0.3) is 0 Å². The number of ether oxygens (including phenoxy) is 5. The van der Waals surface area contributed by atoms with Gasteiger partial charge in [-0.1, -0.05) is 48.1 Å². The third-order valence-electron chi connectivity index (χ3n) is 11.5. The third kappa shape index (κ3) is 4.37. The summed E-state index contributed by atoms with van der Waals surface area (Å²) in [4.78, 5) is 66.2. The molecular weight excluding hydrogens is 592 g/mol. The van der Waals surface area contributed by atoms with Crippen molar-refractivity contribution in [2.75, 3.05) is 7.11 Å². The van der Waals surface area contributed by atoms with Crippen LogP contribution in [0.5, 0.6) is 0 Å². The van der Waals surface area contributed by atoms with Crippen molar-refractivity contribution in [3.63, 3.8) is 0 Å². The molecule has 5 fully saturated rings. The molecule has 3 unspecified atom stereocenters. The summed E-state index contributed by atoms with van der Waals surface area (Å²) in [5, 5.41) is 34.1. The Morgan fingerprint density at radius 2 is 1.76 bits per heavy atom. The van der Waals surface area contributed by atoms with Crippen molar-refractivity contribution in [1.29, 1.82) is 0 Å². The molecule has 248 valence electrons. The van der Waals surface area contributed by atoms with Gasteiger partial charge in [-0.15, -0.1) is 0 Å². The lowest BCUT2D eigenvalue weighted by Crippen LogP contribution is -2.70. The second kappa shape index (κ2) is 10.7. The average molecular weight is 635 g/mol. The van der Waals surface area contributed by atoms with Crippen LogP contribution in [-0.4, -0.2) is 94.5 Å². The van der Waals surface area contributed by atoms with Crippen molar-refractivity contribution in [1.82, 2.24) is 0 Å². The SMILES string of the molecule is C=C1C(=O)C2C[C@@]3(C)[C@H](C4=CC(=O)OC4O)OC(=O)C[C@]13O[C@H]1[C@@H](OC(=O)C(C)CC)[C@@H](O)C(C)(C)[C@H]([C@H](O)C(=O)OC)[C@@]21C. The first-order valence-electron chi connectivity index (χ1n) is 15.2. The van der Waals surface area contributed by atoms with E-state index >= 15 is 0 Å². The Bertz CT molecular complexity index is 1380. The Labute approximate surface area is 260 Å². The number of hydrogen-bond acceptors (Lipinski definition) is 13. The molecule has 2 bridgehead atoms. The number of carbonyl (C=O) groups excluding carboxylic acids is 5. The summed E-state index contributed by atoms with van der Waals surface area (Å²) in [5.41, 5.74) is -6.29. The van der Waals surface area contributed by atoms with E-state index in [1.54, 1.807) is 41.5 Å². The quantitative estimate of drug-likeness (QED) is 0.212. The number of aliphatic hydroxyl groups is 3. The molecule has 0 aromatic rings. The fourth-order valence-electron chi connectivity index (χ4n) is 8.86. The molecule has 0 aromatic carbocycles. The maximum absolute atomic E-state index is 14.5. The van der Waals surface area contributed by atoms with Crippen LogP contribution in [0.1, 0.15) is 60.8 Å². The van der Waals surface area contributed by atoms with E-state index in [1.807, 2.05) is 0 Å².